The Kier molecular flexibility index (Phi) is 3.60. The van der Waals surface area contributed by atoms with Crippen LogP contribution < -0.4 is 4.74 Å². The summed E-state index contributed by atoms with van der Waals surface area (Å²) in [5.74, 6) is 2.36. The summed E-state index contributed by atoms with van der Waals surface area (Å²) in [5.41, 5.74) is 3.08. The third-order valence-corrected chi connectivity index (χ3v) is 6.81. The van der Waals surface area contributed by atoms with Crippen LogP contribution >= 0.6 is 0 Å². The maximum absolute atomic E-state index is 8.88. The molecule has 2 aliphatic carbocycles. The molecule has 6 rings (SSSR count). The SMILES string of the molecule is CC[C@@H]1CC2(CC2Oc2cnc(C#N)cn2)C[C@@H]1c1nnc2cnc3[nH]ccc3n12. The van der Waals surface area contributed by atoms with Gasteiger partial charge in [-0.05, 0) is 31.2 Å². The summed E-state index contributed by atoms with van der Waals surface area (Å²) in [6.45, 7) is 2.25. The number of nitrogens with zero attached hydrogens (tertiary/aromatic N) is 7. The van der Waals surface area contributed by atoms with Crippen molar-refractivity contribution in [2.45, 2.75) is 44.6 Å². The highest BCUT2D eigenvalue weighted by Gasteiger charge is 2.63. The first-order chi connectivity index (χ1) is 14.7. The lowest BCUT2D eigenvalue weighted by atomic mass is 9.93. The Morgan fingerprint density at radius 2 is 2.13 bits per heavy atom. The maximum atomic E-state index is 8.88. The van der Waals surface area contributed by atoms with Gasteiger partial charge in [-0.1, -0.05) is 13.3 Å². The molecule has 4 heterocycles. The molecule has 2 saturated carbocycles. The Balaban J connectivity index is 1.30. The normalized spacial score (nSPS) is 27.7. The third-order valence-electron chi connectivity index (χ3n) is 6.81. The summed E-state index contributed by atoms with van der Waals surface area (Å²) in [4.78, 5) is 15.9. The van der Waals surface area contributed by atoms with Gasteiger partial charge in [0.2, 0.25) is 5.88 Å². The Bertz CT molecular complexity index is 1290. The quantitative estimate of drug-likeness (QED) is 0.559. The second-order valence-corrected chi connectivity index (χ2v) is 8.43. The van der Waals surface area contributed by atoms with Crippen LogP contribution in [-0.2, 0) is 0 Å². The number of nitriles is 1. The van der Waals surface area contributed by atoms with E-state index in [1.807, 2.05) is 18.3 Å². The second kappa shape index (κ2) is 6.23. The molecule has 30 heavy (non-hydrogen) atoms. The van der Waals surface area contributed by atoms with Crippen LogP contribution in [0, 0.1) is 22.7 Å². The number of aromatic amines is 1. The molecule has 9 heteroatoms. The van der Waals surface area contributed by atoms with Crippen molar-refractivity contribution in [1.82, 2.24) is 34.5 Å². The van der Waals surface area contributed by atoms with Crippen LogP contribution in [0.15, 0.2) is 30.9 Å². The van der Waals surface area contributed by atoms with E-state index in [1.165, 1.54) is 12.4 Å². The highest BCUT2D eigenvalue weighted by molar-refractivity contribution is 5.74. The van der Waals surface area contributed by atoms with E-state index in [2.05, 4.69) is 41.5 Å². The van der Waals surface area contributed by atoms with E-state index in [0.717, 1.165) is 48.3 Å². The fourth-order valence-corrected chi connectivity index (χ4v) is 5.21. The fourth-order valence-electron chi connectivity index (χ4n) is 5.21. The summed E-state index contributed by atoms with van der Waals surface area (Å²) in [7, 11) is 0. The van der Waals surface area contributed by atoms with Crippen molar-refractivity contribution >= 4 is 16.8 Å². The van der Waals surface area contributed by atoms with Gasteiger partial charge in [0.15, 0.2) is 17.0 Å². The minimum atomic E-state index is 0.131. The van der Waals surface area contributed by atoms with Gasteiger partial charge in [-0.3, -0.25) is 4.40 Å². The van der Waals surface area contributed by atoms with Crippen molar-refractivity contribution in [2.75, 3.05) is 0 Å². The van der Waals surface area contributed by atoms with Crippen molar-refractivity contribution in [3.63, 3.8) is 0 Å². The van der Waals surface area contributed by atoms with E-state index in [-0.39, 0.29) is 11.5 Å². The summed E-state index contributed by atoms with van der Waals surface area (Å²) in [6, 6.07) is 4.01. The lowest BCUT2D eigenvalue weighted by molar-refractivity contribution is 0.231. The number of hydrogen-bond donors (Lipinski definition) is 1. The molecule has 0 bridgehead atoms. The van der Waals surface area contributed by atoms with Crippen LogP contribution in [0.1, 0.15) is 50.0 Å². The lowest BCUT2D eigenvalue weighted by Gasteiger charge is -2.16. The minimum Gasteiger partial charge on any atom is -0.473 e. The molecule has 0 aromatic carbocycles. The van der Waals surface area contributed by atoms with Crippen LogP contribution in [0.4, 0.5) is 0 Å². The van der Waals surface area contributed by atoms with Crippen LogP contribution in [0.25, 0.3) is 16.8 Å². The van der Waals surface area contributed by atoms with Crippen LogP contribution in [0.2, 0.25) is 0 Å². The maximum Gasteiger partial charge on any atom is 0.232 e. The Morgan fingerprint density at radius 1 is 1.20 bits per heavy atom. The molecule has 4 aromatic rings. The van der Waals surface area contributed by atoms with E-state index in [1.54, 1.807) is 6.20 Å². The highest BCUT2D eigenvalue weighted by atomic mass is 16.5. The largest absolute Gasteiger partial charge is 0.473 e. The van der Waals surface area contributed by atoms with Gasteiger partial charge in [-0.25, -0.2) is 15.0 Å². The molecule has 1 N–H and O–H groups in total. The van der Waals surface area contributed by atoms with Gasteiger partial charge in [-0.2, -0.15) is 5.26 Å². The predicted octanol–water partition coefficient (Wildman–Crippen LogP) is 3.01. The Hall–Kier alpha value is -3.54. The molecular weight excluding hydrogens is 380 g/mol. The molecule has 0 radical (unpaired) electrons. The molecule has 2 unspecified atom stereocenters. The van der Waals surface area contributed by atoms with E-state index in [0.29, 0.717) is 23.4 Å². The molecule has 150 valence electrons. The lowest BCUT2D eigenvalue weighted by Crippen LogP contribution is -2.10. The second-order valence-electron chi connectivity index (χ2n) is 8.43. The number of fused-ring (bicyclic) bond motifs is 3. The number of ether oxygens (including phenoxy) is 1. The molecule has 2 aliphatic rings. The van der Waals surface area contributed by atoms with Crippen LogP contribution in [0.3, 0.4) is 0 Å². The summed E-state index contributed by atoms with van der Waals surface area (Å²) < 4.78 is 8.27. The Labute approximate surface area is 172 Å². The smallest absolute Gasteiger partial charge is 0.232 e. The summed E-state index contributed by atoms with van der Waals surface area (Å²) in [6.07, 6.45) is 11.0. The Morgan fingerprint density at radius 3 is 2.93 bits per heavy atom. The molecule has 0 aliphatic heterocycles. The van der Waals surface area contributed by atoms with Gasteiger partial charge in [0, 0.05) is 17.5 Å². The molecule has 4 atom stereocenters. The standard InChI is InChI=1S/C21H20N8O/c1-2-12-5-21(7-16(21)30-18-11-24-13(8-22)9-25-18)6-14(12)20-28-27-17-10-26-19-15(29(17)20)3-4-23-19/h3-4,9-12,14,16,23H,2,5-7H2,1H3/t12-,14+,16?,21?/m1/s1. The van der Waals surface area contributed by atoms with Crippen molar-refractivity contribution < 1.29 is 4.74 Å². The van der Waals surface area contributed by atoms with E-state index in [9.17, 15) is 0 Å². The van der Waals surface area contributed by atoms with Gasteiger partial charge in [0.1, 0.15) is 18.0 Å². The molecule has 9 nitrogen and oxygen atoms in total. The van der Waals surface area contributed by atoms with Crippen LogP contribution in [0.5, 0.6) is 5.88 Å². The zero-order valence-corrected chi connectivity index (χ0v) is 16.5. The predicted molar refractivity (Wildman–Crippen MR) is 107 cm³/mol. The summed E-state index contributed by atoms with van der Waals surface area (Å²) >= 11 is 0. The minimum absolute atomic E-state index is 0.131. The van der Waals surface area contributed by atoms with Crippen molar-refractivity contribution in [3.05, 3.63) is 42.4 Å². The number of rotatable bonds is 4. The zero-order valence-electron chi connectivity index (χ0n) is 16.5. The number of nitrogens with one attached hydrogen (secondary N) is 1. The average Bonchev–Trinajstić information content (AvgIpc) is 3.19. The number of H-pyrrole nitrogens is 1. The van der Waals surface area contributed by atoms with Gasteiger partial charge in [-0.15, -0.1) is 10.2 Å². The van der Waals surface area contributed by atoms with Gasteiger partial charge in [0.25, 0.3) is 0 Å². The van der Waals surface area contributed by atoms with E-state index >= 15 is 0 Å². The summed E-state index contributed by atoms with van der Waals surface area (Å²) in [5, 5.41) is 17.9. The number of hydrogen-bond acceptors (Lipinski definition) is 7. The average molecular weight is 400 g/mol. The molecule has 0 amide bonds. The fraction of sp³-hybridized carbons (Fsp3) is 0.429. The van der Waals surface area contributed by atoms with Gasteiger partial charge in [0.05, 0.1) is 24.1 Å². The van der Waals surface area contributed by atoms with Gasteiger partial charge >= 0.3 is 0 Å². The molecule has 2 fully saturated rings. The van der Waals surface area contributed by atoms with Crippen molar-refractivity contribution in [1.29, 1.82) is 5.26 Å². The third kappa shape index (κ3) is 2.49. The van der Waals surface area contributed by atoms with Crippen molar-refractivity contribution in [2.24, 2.45) is 11.3 Å². The topological polar surface area (TPSA) is 118 Å². The van der Waals surface area contributed by atoms with E-state index < -0.39 is 0 Å². The monoisotopic (exact) mass is 400 g/mol. The highest BCUT2D eigenvalue weighted by Crippen LogP contribution is 2.65. The van der Waals surface area contributed by atoms with Gasteiger partial charge < -0.3 is 9.72 Å². The molecule has 1 spiro atoms. The molecule has 0 saturated heterocycles. The first-order valence-corrected chi connectivity index (χ1v) is 10.3. The van der Waals surface area contributed by atoms with E-state index in [4.69, 9.17) is 10.00 Å². The number of aromatic nitrogens is 7. The molecule has 4 aromatic heterocycles. The van der Waals surface area contributed by atoms with Crippen molar-refractivity contribution in [3.8, 4) is 11.9 Å². The van der Waals surface area contributed by atoms with Crippen LogP contribution in [-0.4, -0.2) is 40.6 Å². The zero-order chi connectivity index (χ0) is 20.3. The molecular formula is C21H20N8O. The first-order valence-electron chi connectivity index (χ1n) is 10.3. The first kappa shape index (κ1) is 17.3.